The first-order valence-corrected chi connectivity index (χ1v) is 25.5. The van der Waals surface area contributed by atoms with Gasteiger partial charge in [0, 0.05) is 6.42 Å². The molecular weight excluding hydrogens is 744 g/mol. The number of rotatable bonds is 43. The number of phosphoric ester groups is 1. The Labute approximate surface area is 359 Å². The van der Waals surface area contributed by atoms with Gasteiger partial charge in [-0.15, -0.1) is 0 Å². The Morgan fingerprint density at radius 1 is 0.586 bits per heavy atom. The Kier molecular flexibility index (Phi) is 39.8. The first-order chi connectivity index (χ1) is 28.0. The van der Waals surface area contributed by atoms with Crippen LogP contribution in [0, 0.1) is 0 Å². The summed E-state index contributed by atoms with van der Waals surface area (Å²) in [6, 6.07) is -0.867. The van der Waals surface area contributed by atoms with E-state index >= 15 is 0 Å². The maximum Gasteiger partial charge on any atom is 0.472 e. The van der Waals surface area contributed by atoms with Crippen molar-refractivity contribution >= 4 is 13.7 Å². The average molecular weight is 838 g/mol. The van der Waals surface area contributed by atoms with Crippen molar-refractivity contribution in [2.75, 3.05) is 40.9 Å². The topological polar surface area (TPSA) is 105 Å². The molecule has 0 aromatic carbocycles. The van der Waals surface area contributed by atoms with E-state index < -0.39 is 20.0 Å². The molecule has 0 radical (unpaired) electrons. The number of carbonyl (C=O) groups excluding carboxylic acids is 1. The van der Waals surface area contributed by atoms with Crippen LogP contribution in [0.2, 0.25) is 0 Å². The molecule has 0 aromatic rings. The van der Waals surface area contributed by atoms with Gasteiger partial charge >= 0.3 is 7.82 Å². The van der Waals surface area contributed by atoms with E-state index in [2.05, 4.69) is 55.6 Å². The highest BCUT2D eigenvalue weighted by atomic mass is 31.2. The van der Waals surface area contributed by atoms with Crippen molar-refractivity contribution in [3.63, 3.8) is 0 Å². The van der Waals surface area contributed by atoms with Gasteiger partial charge in [-0.05, 0) is 64.2 Å². The number of aliphatic hydroxyl groups excluding tert-OH is 1. The number of allylic oxidation sites excluding steroid dienone is 7. The van der Waals surface area contributed by atoms with Crippen LogP contribution in [0.25, 0.3) is 0 Å². The zero-order valence-corrected chi connectivity index (χ0v) is 39.4. The third-order valence-corrected chi connectivity index (χ3v) is 11.5. The fourth-order valence-electron chi connectivity index (χ4n) is 6.67. The van der Waals surface area contributed by atoms with E-state index in [1.165, 1.54) is 135 Å². The molecule has 8 nitrogen and oxygen atoms in total. The number of quaternary nitrogens is 1. The first kappa shape index (κ1) is 56.5. The highest BCUT2D eigenvalue weighted by Crippen LogP contribution is 2.43. The minimum atomic E-state index is -4.35. The summed E-state index contributed by atoms with van der Waals surface area (Å²) in [6.07, 6.45) is 51.8. The first-order valence-electron chi connectivity index (χ1n) is 24.0. The molecule has 0 saturated heterocycles. The minimum Gasteiger partial charge on any atom is -0.387 e. The number of unbranched alkanes of at least 4 members (excludes halogenated alkanes) is 24. The number of amides is 1. The van der Waals surface area contributed by atoms with Gasteiger partial charge in [-0.25, -0.2) is 4.57 Å². The molecule has 0 bridgehead atoms. The van der Waals surface area contributed by atoms with E-state index in [1.807, 2.05) is 27.2 Å². The fourth-order valence-corrected chi connectivity index (χ4v) is 7.41. The molecule has 0 rings (SSSR count). The maximum absolute atomic E-state index is 12.9. The third kappa shape index (κ3) is 42.6. The van der Waals surface area contributed by atoms with Gasteiger partial charge in [0.2, 0.25) is 5.91 Å². The van der Waals surface area contributed by atoms with Crippen LogP contribution in [0.15, 0.2) is 48.6 Å². The number of nitrogens with one attached hydrogen (secondary N) is 1. The van der Waals surface area contributed by atoms with Crippen molar-refractivity contribution in [1.29, 1.82) is 0 Å². The summed E-state index contributed by atoms with van der Waals surface area (Å²) in [5.41, 5.74) is 0. The summed E-state index contributed by atoms with van der Waals surface area (Å²) in [5.74, 6) is -0.196. The lowest BCUT2D eigenvalue weighted by Crippen LogP contribution is -2.45. The monoisotopic (exact) mass is 838 g/mol. The van der Waals surface area contributed by atoms with E-state index in [0.717, 1.165) is 51.4 Å². The molecule has 0 aliphatic rings. The van der Waals surface area contributed by atoms with E-state index in [9.17, 15) is 19.4 Å². The van der Waals surface area contributed by atoms with Crippen molar-refractivity contribution in [1.82, 2.24) is 5.32 Å². The van der Waals surface area contributed by atoms with Gasteiger partial charge in [0.25, 0.3) is 0 Å². The highest BCUT2D eigenvalue weighted by Gasteiger charge is 2.27. The van der Waals surface area contributed by atoms with Crippen molar-refractivity contribution in [3.8, 4) is 0 Å². The average Bonchev–Trinajstić information content (AvgIpc) is 3.17. The number of aliphatic hydroxyl groups is 1. The number of likely N-dealkylation sites (N-methyl/N-ethyl adjacent to an activating group) is 1. The molecule has 3 N–H and O–H groups in total. The summed E-state index contributed by atoms with van der Waals surface area (Å²) in [5, 5.41) is 13.8. The van der Waals surface area contributed by atoms with Crippen molar-refractivity contribution in [2.45, 2.75) is 219 Å². The molecule has 3 atom stereocenters. The van der Waals surface area contributed by atoms with Crippen LogP contribution in [-0.2, 0) is 18.4 Å². The van der Waals surface area contributed by atoms with Crippen LogP contribution >= 0.6 is 7.82 Å². The Hall–Kier alpha value is -1.54. The van der Waals surface area contributed by atoms with Gasteiger partial charge in [-0.1, -0.05) is 184 Å². The number of hydrogen-bond acceptors (Lipinski definition) is 5. The second-order valence-electron chi connectivity index (χ2n) is 17.5. The van der Waals surface area contributed by atoms with Gasteiger partial charge in [0.15, 0.2) is 0 Å². The molecule has 0 saturated carbocycles. The Balaban J connectivity index is 4.44. The Morgan fingerprint density at radius 2 is 1.00 bits per heavy atom. The van der Waals surface area contributed by atoms with E-state index in [-0.39, 0.29) is 19.1 Å². The lowest BCUT2D eigenvalue weighted by molar-refractivity contribution is -0.870. The molecule has 0 aliphatic carbocycles. The standard InChI is InChI=1S/C49H93N2O6P/c1-6-8-10-12-14-16-18-20-22-24-25-27-28-30-32-34-36-38-40-42-48(52)47(46-57-58(54,55)56-45-44-51(3,4)5)50-49(53)43-41-39-37-35-33-31-29-26-23-21-19-17-15-13-11-9-7-2/h15,17,21,23,32,34,40,42,47-48,52H,6-14,16,18-20,22,24-31,33,35-39,41,43-46H2,1-5H3,(H-,50,53,54,55)/p+1/b17-15-,23-21-,34-32+,42-40+. The predicted octanol–water partition coefficient (Wildman–Crippen LogP) is 13.6. The fraction of sp³-hybridized carbons (Fsp3) is 0.816. The van der Waals surface area contributed by atoms with Gasteiger partial charge in [0.05, 0.1) is 39.9 Å². The molecule has 0 aliphatic heterocycles. The lowest BCUT2D eigenvalue weighted by atomic mass is 10.0. The van der Waals surface area contributed by atoms with Gasteiger partial charge in [-0.3, -0.25) is 13.8 Å². The lowest BCUT2D eigenvalue weighted by Gasteiger charge is -2.25. The Morgan fingerprint density at radius 3 is 1.52 bits per heavy atom. The number of hydrogen-bond donors (Lipinski definition) is 3. The molecule has 0 aromatic heterocycles. The summed E-state index contributed by atoms with van der Waals surface area (Å²) in [6.45, 7) is 4.76. The van der Waals surface area contributed by atoms with Crippen molar-refractivity contribution in [2.24, 2.45) is 0 Å². The van der Waals surface area contributed by atoms with Crippen LogP contribution in [0.4, 0.5) is 0 Å². The van der Waals surface area contributed by atoms with Crippen molar-refractivity contribution in [3.05, 3.63) is 48.6 Å². The van der Waals surface area contributed by atoms with Gasteiger partial charge < -0.3 is 19.8 Å². The summed E-state index contributed by atoms with van der Waals surface area (Å²) < 4.78 is 23.6. The largest absolute Gasteiger partial charge is 0.472 e. The molecule has 1 amide bonds. The number of phosphoric acid groups is 1. The highest BCUT2D eigenvalue weighted by molar-refractivity contribution is 7.47. The van der Waals surface area contributed by atoms with E-state index in [1.54, 1.807) is 6.08 Å². The SMILES string of the molecule is CCCCC/C=C\C/C=C\CCCCCCCCCC(=O)NC(COP(=O)(O)OCC[N+](C)(C)C)C(O)/C=C/CC/C=C/CCCCCCCCCCCCCCC. The van der Waals surface area contributed by atoms with Crippen LogP contribution < -0.4 is 5.32 Å². The maximum atomic E-state index is 12.9. The molecular formula is C49H94N2O6P+. The van der Waals surface area contributed by atoms with Crippen LogP contribution in [0.1, 0.15) is 206 Å². The Bertz CT molecular complexity index is 1090. The molecule has 340 valence electrons. The smallest absolute Gasteiger partial charge is 0.387 e. The third-order valence-electron chi connectivity index (χ3n) is 10.5. The van der Waals surface area contributed by atoms with Gasteiger partial charge in [-0.2, -0.15) is 0 Å². The summed E-state index contributed by atoms with van der Waals surface area (Å²) in [4.78, 5) is 23.2. The number of nitrogens with zero attached hydrogens (tertiary/aromatic N) is 1. The zero-order chi connectivity index (χ0) is 42.8. The number of carbonyl (C=O) groups is 1. The second kappa shape index (κ2) is 40.8. The quantitative estimate of drug-likeness (QED) is 0.0244. The molecule has 0 spiro atoms. The second-order valence-corrected chi connectivity index (χ2v) is 18.9. The predicted molar refractivity (Wildman–Crippen MR) is 249 cm³/mol. The summed E-state index contributed by atoms with van der Waals surface area (Å²) >= 11 is 0. The normalized spacial score (nSPS) is 14.7. The molecule has 0 heterocycles. The van der Waals surface area contributed by atoms with E-state index in [4.69, 9.17) is 9.05 Å². The van der Waals surface area contributed by atoms with Gasteiger partial charge in [0.1, 0.15) is 13.2 Å². The zero-order valence-electron chi connectivity index (χ0n) is 38.5. The van der Waals surface area contributed by atoms with Crippen LogP contribution in [-0.4, -0.2) is 73.4 Å². The van der Waals surface area contributed by atoms with Crippen LogP contribution in [0.5, 0.6) is 0 Å². The minimum absolute atomic E-state index is 0.0534. The molecule has 58 heavy (non-hydrogen) atoms. The molecule has 0 fully saturated rings. The molecule has 9 heteroatoms. The molecule has 3 unspecified atom stereocenters. The summed E-state index contributed by atoms with van der Waals surface area (Å²) in [7, 11) is 1.55. The van der Waals surface area contributed by atoms with E-state index in [0.29, 0.717) is 17.4 Å². The van der Waals surface area contributed by atoms with Crippen molar-refractivity contribution < 1.29 is 32.9 Å². The van der Waals surface area contributed by atoms with Crippen LogP contribution in [0.3, 0.4) is 0 Å².